The van der Waals surface area contributed by atoms with Crippen molar-refractivity contribution in [3.05, 3.63) is 12.2 Å². The van der Waals surface area contributed by atoms with Crippen LogP contribution in [0.15, 0.2) is 12.2 Å². The van der Waals surface area contributed by atoms with E-state index in [2.05, 4.69) is 29.8 Å². The van der Waals surface area contributed by atoms with Crippen LogP contribution < -0.4 is 16.0 Å². The molecule has 100 heavy (non-hydrogen) atoms. The van der Waals surface area contributed by atoms with Crippen molar-refractivity contribution >= 4 is 29.7 Å². The summed E-state index contributed by atoms with van der Waals surface area (Å²) in [6.45, 7) is 1.08. The monoisotopic (exact) mass is 1440 g/mol. The van der Waals surface area contributed by atoms with E-state index in [1.54, 1.807) is 6.08 Å². The first-order valence-corrected chi connectivity index (χ1v) is 36.2. The van der Waals surface area contributed by atoms with Crippen LogP contribution in [-0.2, 0) is 61.9 Å². The molecule has 0 unspecified atom stereocenters. The average molecular weight is 1440 g/mol. The van der Waals surface area contributed by atoms with Crippen molar-refractivity contribution in [3.63, 3.8) is 0 Å². The van der Waals surface area contributed by atoms with Gasteiger partial charge in [-0.25, -0.2) is 9.59 Å². The highest BCUT2D eigenvalue weighted by atomic mass is 16.8. The minimum Gasteiger partial charge on any atom is -0.477 e. The van der Waals surface area contributed by atoms with Gasteiger partial charge in [0.15, 0.2) is 12.6 Å². The first kappa shape index (κ1) is 88.6. The maximum absolute atomic E-state index is 13.6. The van der Waals surface area contributed by atoms with E-state index in [1.807, 2.05) is 6.08 Å². The van der Waals surface area contributed by atoms with Crippen molar-refractivity contribution in [1.29, 1.82) is 0 Å². The van der Waals surface area contributed by atoms with Crippen molar-refractivity contribution in [1.82, 2.24) is 16.0 Å². The normalized spacial score (nSPS) is 32.1. The Morgan fingerprint density at radius 2 is 1.00 bits per heavy atom. The van der Waals surface area contributed by atoms with Gasteiger partial charge in [-0.2, -0.15) is 0 Å². The number of rotatable bonds is 50. The zero-order chi connectivity index (χ0) is 74.1. The molecule has 0 spiro atoms. The molecule has 0 aliphatic carbocycles. The molecule has 4 aliphatic heterocycles. The van der Waals surface area contributed by atoms with Gasteiger partial charge >= 0.3 is 11.9 Å². The highest BCUT2D eigenvalue weighted by molar-refractivity contribution is 5.78. The number of hydrogen-bond acceptors (Lipinski definition) is 27. The molecule has 32 nitrogen and oxygen atoms in total. The average Bonchev–Trinajstić information content (AvgIpc) is 0.757. The molecule has 0 aromatic heterocycles. The summed E-state index contributed by atoms with van der Waals surface area (Å²) >= 11 is 0. The Labute approximate surface area is 586 Å². The van der Waals surface area contributed by atoms with E-state index in [4.69, 9.17) is 37.9 Å². The molecule has 4 fully saturated rings. The van der Waals surface area contributed by atoms with Gasteiger partial charge in [0.2, 0.25) is 17.7 Å². The third-order valence-corrected chi connectivity index (χ3v) is 19.0. The maximum Gasteiger partial charge on any atom is 0.364 e. The fourth-order valence-electron chi connectivity index (χ4n) is 13.2. The number of carbonyl (C=O) groups excluding carboxylic acids is 3. The molecule has 0 bridgehead atoms. The van der Waals surface area contributed by atoms with E-state index in [9.17, 15) is 106 Å². The Hall–Kier alpha value is -3.79. The summed E-state index contributed by atoms with van der Waals surface area (Å²) in [5.41, 5.74) is 0. The molecule has 4 rings (SSSR count). The zero-order valence-electron chi connectivity index (χ0n) is 58.7. The molecule has 0 saturated carbocycles. The van der Waals surface area contributed by atoms with E-state index in [-0.39, 0.29) is 12.3 Å². The zero-order valence-corrected chi connectivity index (χ0v) is 58.7. The number of carbonyl (C=O) groups is 5. The second-order valence-corrected chi connectivity index (χ2v) is 27.2. The Kier molecular flexibility index (Phi) is 41.0. The van der Waals surface area contributed by atoms with E-state index < -0.39 is 216 Å². The number of allylic oxidation sites excluding steroid dienone is 1. The predicted octanol–water partition coefficient (Wildman–Crippen LogP) is -0.441. The first-order valence-electron chi connectivity index (χ1n) is 36.2. The summed E-state index contributed by atoms with van der Waals surface area (Å²) < 4.78 is 46.4. The SMILES string of the molecule is CCCCCCCCCCCCC/C=C/[C@@H](O)[C@H](CO[C@@H]1O[C@H](CO)[C@@H](O[C@@H]2O[C@H](CO)[C@H](O)[C@H](O[C@]3(C(=O)O)C[C@H](O)[C@@H](NC(C)=O)[C@H]([C@H](O)[C@@H](CO)O[C@]4(C(=O)O)C[C@H](O)[C@@H](NC(C)=O)[C@H]([C@H](O)[C@H](O)CO)O4)O3)[C@H]2O)[C@H](O)[C@H]1O)NC(=O)CCCCCCCCCCCCCCC. The lowest BCUT2D eigenvalue weighted by Crippen LogP contribution is -2.72. The van der Waals surface area contributed by atoms with Crippen LogP contribution >= 0.6 is 0 Å². The highest BCUT2D eigenvalue weighted by Crippen LogP contribution is 2.41. The lowest BCUT2D eigenvalue weighted by Gasteiger charge is -2.51. The molecular weight excluding hydrogens is 1320 g/mol. The molecular formula is C68H121N3O29. The molecule has 0 aromatic rings. The Balaban J connectivity index is 1.52. The Morgan fingerprint density at radius 3 is 1.47 bits per heavy atom. The van der Waals surface area contributed by atoms with E-state index in [0.717, 1.165) is 65.2 Å². The van der Waals surface area contributed by atoms with Gasteiger partial charge in [0.1, 0.15) is 85.5 Å². The number of aliphatic hydroxyl groups excluding tert-OH is 14. The van der Waals surface area contributed by atoms with Crippen LogP contribution in [-0.4, -0.2) is 290 Å². The van der Waals surface area contributed by atoms with Gasteiger partial charge in [0.25, 0.3) is 11.6 Å². The highest BCUT2D eigenvalue weighted by Gasteiger charge is 2.62. The third-order valence-electron chi connectivity index (χ3n) is 19.0. The number of ether oxygens (including phenoxy) is 8. The van der Waals surface area contributed by atoms with Crippen molar-refractivity contribution in [3.8, 4) is 0 Å². The van der Waals surface area contributed by atoms with Gasteiger partial charge in [-0.15, -0.1) is 0 Å². The lowest BCUT2D eigenvalue weighted by atomic mass is 9.87. The minimum atomic E-state index is -3.39. The van der Waals surface area contributed by atoms with E-state index >= 15 is 0 Å². The summed E-state index contributed by atoms with van der Waals surface area (Å²) in [6, 6.07) is -4.73. The largest absolute Gasteiger partial charge is 0.477 e. The van der Waals surface area contributed by atoms with Crippen LogP contribution in [0.1, 0.15) is 207 Å². The van der Waals surface area contributed by atoms with Crippen molar-refractivity contribution in [2.45, 2.75) is 354 Å². The van der Waals surface area contributed by atoms with Gasteiger partial charge in [0, 0.05) is 33.1 Å². The van der Waals surface area contributed by atoms with Gasteiger partial charge in [-0.1, -0.05) is 167 Å². The van der Waals surface area contributed by atoms with Crippen LogP contribution in [0.25, 0.3) is 0 Å². The summed E-state index contributed by atoms with van der Waals surface area (Å²) in [4.78, 5) is 64.9. The van der Waals surface area contributed by atoms with Gasteiger partial charge < -0.3 is 136 Å². The van der Waals surface area contributed by atoms with Crippen molar-refractivity contribution in [2.24, 2.45) is 0 Å². The van der Waals surface area contributed by atoms with Crippen LogP contribution in [0, 0.1) is 0 Å². The number of hydrogen-bond donors (Lipinski definition) is 19. The molecule has 32 heteroatoms. The van der Waals surface area contributed by atoms with E-state index in [0.29, 0.717) is 12.8 Å². The number of nitrogens with one attached hydrogen (secondary N) is 3. The second kappa shape index (κ2) is 46.2. The number of aliphatic carboxylic acids is 2. The van der Waals surface area contributed by atoms with Crippen molar-refractivity contribution < 1.29 is 144 Å². The third kappa shape index (κ3) is 27.3. The minimum absolute atomic E-state index is 0.155. The topological polar surface area (TPSA) is 519 Å². The summed E-state index contributed by atoms with van der Waals surface area (Å²) in [5.74, 6) is -13.1. The Bertz CT molecular complexity index is 2370. The van der Waals surface area contributed by atoms with Crippen molar-refractivity contribution in [2.75, 3.05) is 33.0 Å². The van der Waals surface area contributed by atoms with Crippen LogP contribution in [0.5, 0.6) is 0 Å². The van der Waals surface area contributed by atoms with Gasteiger partial charge in [-0.3, -0.25) is 14.4 Å². The van der Waals surface area contributed by atoms with Crippen LogP contribution in [0.4, 0.5) is 0 Å². The van der Waals surface area contributed by atoms with E-state index in [1.165, 1.54) is 96.3 Å². The van der Waals surface area contributed by atoms with Crippen LogP contribution in [0.3, 0.4) is 0 Å². The predicted molar refractivity (Wildman–Crippen MR) is 354 cm³/mol. The smallest absolute Gasteiger partial charge is 0.364 e. The second-order valence-electron chi connectivity index (χ2n) is 27.2. The standard InChI is InChI=1S/C68H121N3O29/c1-5-7-9-11-13-15-17-19-21-23-25-27-29-31-43(78)42(71-50(82)32-30-28-26-24-22-20-18-16-14-12-10-8-6-2)39-93-63-57(87)56(86)59(49(38-75)95-63)96-64-58(88)62(54(84)47(36-73)94-64)100-68(66(91)92)34-45(80)52(70-41(4)77)61(99-68)55(85)48(37-74)97-67(65(89)90)33-44(79)51(69-40(3)76)60(98-67)53(83)46(81)35-72/h29,31,42-49,51-64,72-75,78-81,83-88H,5-28,30,32-39H2,1-4H3,(H,69,76)(H,70,77)(H,71,82)(H,89,90)(H,91,92)/b31-29+/t42-,43+,44-,45-,46+,47+,48+,49+,51+,52+,53+,54-,55+,56+,57+,58+,59+,60+,61+,62-,63+,64-,67+,68-/m0/s1. The fraction of sp³-hybridized carbons (Fsp3) is 0.897. The number of aliphatic hydroxyl groups is 14. The fourth-order valence-corrected chi connectivity index (χ4v) is 13.2. The summed E-state index contributed by atoms with van der Waals surface area (Å²) in [6.07, 6.45) is -11.1. The molecule has 0 aromatic carbocycles. The van der Waals surface area contributed by atoms with Crippen LogP contribution in [0.2, 0.25) is 0 Å². The lowest BCUT2D eigenvalue weighted by molar-refractivity contribution is -0.388. The molecule has 24 atom stereocenters. The molecule has 4 saturated heterocycles. The number of unbranched alkanes of at least 4 members (excludes halogenated alkanes) is 23. The number of carboxylic acid groups (broad SMARTS) is 2. The van der Waals surface area contributed by atoms with Gasteiger partial charge in [0.05, 0.1) is 69.5 Å². The molecule has 4 aliphatic rings. The maximum atomic E-state index is 13.6. The molecule has 0 radical (unpaired) electrons. The molecule has 582 valence electrons. The number of carboxylic acids is 2. The summed E-state index contributed by atoms with van der Waals surface area (Å²) in [7, 11) is 0. The molecule has 4 heterocycles. The van der Waals surface area contributed by atoms with Gasteiger partial charge in [-0.05, 0) is 19.3 Å². The molecule has 19 N–H and O–H groups in total. The Morgan fingerprint density at radius 1 is 0.540 bits per heavy atom. The first-order chi connectivity index (χ1) is 47.7. The quantitative estimate of drug-likeness (QED) is 0.0271. The number of amides is 3. The molecule has 3 amide bonds. The summed E-state index contributed by atoms with van der Waals surface area (Å²) in [5, 5.41) is 185.